The Labute approximate surface area is 221 Å². The molecule has 2 aliphatic rings. The first-order chi connectivity index (χ1) is 14.6. The molecule has 6 nitrogen and oxygen atoms in total. The van der Waals surface area contributed by atoms with E-state index in [1.54, 1.807) is 11.0 Å². The average molecular weight is 503 g/mol. The SMILES string of the molecule is CCN1C(=O)C(=CC=CC=C2N(CCCS(=O)(=O)O)c3ccccc3C2(C)C)SC1=S.[NaH]. The second kappa shape index (κ2) is 11.0. The molecule has 0 radical (unpaired) electrons. The molecule has 0 aromatic heterocycles. The van der Waals surface area contributed by atoms with Crippen LogP contribution >= 0.6 is 24.0 Å². The van der Waals surface area contributed by atoms with Crippen LogP contribution in [0.4, 0.5) is 5.69 Å². The van der Waals surface area contributed by atoms with Crippen LogP contribution in [0.2, 0.25) is 0 Å². The number of benzene rings is 1. The molecule has 10 heteroatoms. The molecule has 1 N–H and O–H groups in total. The molecular formula is C22H27N2NaO4S3. The van der Waals surface area contributed by atoms with Gasteiger partial charge in [0.1, 0.15) is 4.32 Å². The number of carbonyl (C=O) groups excluding carboxylic acids is 1. The Morgan fingerprint density at radius 1 is 1.16 bits per heavy atom. The van der Waals surface area contributed by atoms with E-state index in [2.05, 4.69) is 24.8 Å². The van der Waals surface area contributed by atoms with Gasteiger partial charge in [-0.3, -0.25) is 14.2 Å². The van der Waals surface area contributed by atoms with Crippen LogP contribution in [-0.2, 0) is 20.3 Å². The average Bonchev–Trinajstić information content (AvgIpc) is 3.08. The summed E-state index contributed by atoms with van der Waals surface area (Å²) in [5, 5.41) is 0. The zero-order valence-corrected chi connectivity index (χ0v) is 20.2. The minimum atomic E-state index is -4.00. The Kier molecular flexibility index (Phi) is 9.38. The van der Waals surface area contributed by atoms with Gasteiger partial charge < -0.3 is 4.90 Å². The normalized spacial score (nSPS) is 20.5. The van der Waals surface area contributed by atoms with Gasteiger partial charge in [-0.2, -0.15) is 8.42 Å². The number of hydrogen-bond donors (Lipinski definition) is 1. The van der Waals surface area contributed by atoms with Crippen LogP contribution in [0, 0.1) is 0 Å². The molecule has 32 heavy (non-hydrogen) atoms. The molecule has 0 spiro atoms. The van der Waals surface area contributed by atoms with E-state index >= 15 is 0 Å². The zero-order valence-electron chi connectivity index (χ0n) is 17.7. The van der Waals surface area contributed by atoms with Gasteiger partial charge in [-0.05, 0) is 37.1 Å². The van der Waals surface area contributed by atoms with E-state index in [4.69, 9.17) is 16.8 Å². The van der Waals surface area contributed by atoms with Gasteiger partial charge in [0.05, 0.1) is 10.7 Å². The van der Waals surface area contributed by atoms with Crippen molar-refractivity contribution in [1.29, 1.82) is 0 Å². The molecule has 3 rings (SSSR count). The Morgan fingerprint density at radius 2 is 1.81 bits per heavy atom. The third-order valence-electron chi connectivity index (χ3n) is 5.39. The van der Waals surface area contributed by atoms with Crippen LogP contribution in [-0.4, -0.2) is 76.5 Å². The molecule has 1 amide bonds. The maximum absolute atomic E-state index is 12.3. The molecular weight excluding hydrogens is 475 g/mol. The summed E-state index contributed by atoms with van der Waals surface area (Å²) >= 11 is 6.53. The number of amides is 1. The van der Waals surface area contributed by atoms with E-state index in [9.17, 15) is 13.2 Å². The van der Waals surface area contributed by atoms with E-state index in [1.807, 2.05) is 43.4 Å². The Balaban J connectivity index is 0.00000363. The van der Waals surface area contributed by atoms with Gasteiger partial charge in [0.25, 0.3) is 16.0 Å². The van der Waals surface area contributed by atoms with Crippen LogP contribution in [0.15, 0.2) is 59.2 Å². The van der Waals surface area contributed by atoms with Crippen LogP contribution in [0.5, 0.6) is 0 Å². The monoisotopic (exact) mass is 502 g/mol. The summed E-state index contributed by atoms with van der Waals surface area (Å²) < 4.78 is 32.0. The number of likely N-dealkylation sites (N-methyl/N-ethyl adjacent to an activating group) is 1. The first-order valence-corrected chi connectivity index (χ1v) is 12.8. The van der Waals surface area contributed by atoms with Crippen molar-refractivity contribution in [1.82, 2.24) is 4.90 Å². The van der Waals surface area contributed by atoms with Gasteiger partial charge in [-0.15, -0.1) is 0 Å². The number of para-hydroxylation sites is 1. The van der Waals surface area contributed by atoms with Gasteiger partial charge >= 0.3 is 29.6 Å². The predicted octanol–water partition coefficient (Wildman–Crippen LogP) is 3.62. The van der Waals surface area contributed by atoms with Crippen LogP contribution in [0.25, 0.3) is 0 Å². The number of rotatable bonds is 7. The van der Waals surface area contributed by atoms with Crippen molar-refractivity contribution in [2.24, 2.45) is 0 Å². The Hall–Kier alpha value is -0.940. The van der Waals surface area contributed by atoms with Crippen molar-refractivity contribution in [3.05, 3.63) is 64.7 Å². The quantitative estimate of drug-likeness (QED) is 0.264. The van der Waals surface area contributed by atoms with Gasteiger partial charge in [0.2, 0.25) is 0 Å². The van der Waals surface area contributed by atoms with E-state index in [-0.39, 0.29) is 46.6 Å². The van der Waals surface area contributed by atoms with E-state index in [0.29, 0.717) is 28.7 Å². The van der Waals surface area contributed by atoms with Gasteiger partial charge in [-0.1, -0.05) is 68.2 Å². The van der Waals surface area contributed by atoms with Gasteiger partial charge in [0, 0.05) is 29.9 Å². The van der Waals surface area contributed by atoms with Gasteiger partial charge in [0.15, 0.2) is 0 Å². The molecule has 0 saturated carbocycles. The van der Waals surface area contributed by atoms with Gasteiger partial charge in [-0.25, -0.2) is 0 Å². The van der Waals surface area contributed by atoms with Crippen molar-refractivity contribution in [3.8, 4) is 0 Å². The fourth-order valence-corrected chi connectivity index (χ4v) is 5.69. The van der Waals surface area contributed by atoms with Crippen molar-refractivity contribution < 1.29 is 17.8 Å². The second-order valence-corrected chi connectivity index (χ2v) is 11.1. The summed E-state index contributed by atoms with van der Waals surface area (Å²) in [4.78, 5) is 16.6. The first kappa shape index (κ1) is 27.3. The van der Waals surface area contributed by atoms with E-state index < -0.39 is 10.1 Å². The topological polar surface area (TPSA) is 77.9 Å². The van der Waals surface area contributed by atoms with Crippen molar-refractivity contribution >= 4 is 79.6 Å². The van der Waals surface area contributed by atoms with Crippen molar-refractivity contribution in [2.75, 3.05) is 23.7 Å². The predicted molar refractivity (Wildman–Crippen MR) is 138 cm³/mol. The summed E-state index contributed by atoms with van der Waals surface area (Å²) in [5.41, 5.74) is 2.94. The second-order valence-electron chi connectivity index (χ2n) is 7.82. The molecule has 0 atom stereocenters. The summed E-state index contributed by atoms with van der Waals surface area (Å²) in [5.74, 6) is -0.357. The molecule has 0 unspecified atom stereocenters. The fraction of sp³-hybridized carbons (Fsp3) is 0.364. The van der Waals surface area contributed by atoms with Crippen LogP contribution in [0.3, 0.4) is 0 Å². The summed E-state index contributed by atoms with van der Waals surface area (Å²) in [6, 6.07) is 8.04. The summed E-state index contributed by atoms with van der Waals surface area (Å²) in [6.07, 6.45) is 7.78. The van der Waals surface area contributed by atoms with Crippen LogP contribution < -0.4 is 4.90 Å². The molecule has 0 bridgehead atoms. The van der Waals surface area contributed by atoms with E-state index in [0.717, 1.165) is 16.9 Å². The third-order valence-corrected chi connectivity index (χ3v) is 7.59. The van der Waals surface area contributed by atoms with Crippen molar-refractivity contribution in [2.45, 2.75) is 32.6 Å². The number of allylic oxidation sites excluding steroid dienone is 5. The van der Waals surface area contributed by atoms with Crippen molar-refractivity contribution in [3.63, 3.8) is 0 Å². The molecule has 0 aliphatic carbocycles. The standard InChI is InChI=1S/C22H26N2O4S3.Na.H/c1-4-23-20(25)18(30-21(23)29)12-7-8-13-19-22(2,3)16-10-5-6-11-17(16)24(19)14-9-15-31(26,27)28;;/h5-8,10-13H,4,9,14-15H2,1-3H3,(H,26,27,28);;. The summed E-state index contributed by atoms with van der Waals surface area (Å²) in [7, 11) is -4.00. The Morgan fingerprint density at radius 3 is 2.44 bits per heavy atom. The first-order valence-electron chi connectivity index (χ1n) is 10.0. The number of anilines is 1. The minimum absolute atomic E-state index is 0. The van der Waals surface area contributed by atoms with E-state index in [1.165, 1.54) is 11.8 Å². The molecule has 1 aromatic rings. The maximum atomic E-state index is 12.3. The third kappa shape index (κ3) is 5.94. The molecule has 1 fully saturated rings. The number of thioether (sulfide) groups is 1. The number of carbonyl (C=O) groups is 1. The molecule has 2 aliphatic heterocycles. The number of hydrogen-bond acceptors (Lipinski definition) is 6. The number of fused-ring (bicyclic) bond motifs is 1. The number of nitrogens with zero attached hydrogens (tertiary/aromatic N) is 2. The zero-order chi connectivity index (χ0) is 22.8. The fourth-order valence-electron chi connectivity index (χ4n) is 3.86. The molecule has 1 saturated heterocycles. The molecule has 168 valence electrons. The van der Waals surface area contributed by atoms with Crippen LogP contribution in [0.1, 0.15) is 32.8 Å². The molecule has 1 aromatic carbocycles. The summed E-state index contributed by atoms with van der Waals surface area (Å²) in [6.45, 7) is 7.17. The molecule has 2 heterocycles. The Bertz CT molecular complexity index is 1090. The number of thiocarbonyl (C=S) groups is 1.